The Kier molecular flexibility index (Phi) is 4.29. The van der Waals surface area contributed by atoms with E-state index in [1.165, 1.54) is 0 Å². The Labute approximate surface area is 95.4 Å². The van der Waals surface area contributed by atoms with Crippen molar-refractivity contribution in [2.45, 2.75) is 45.1 Å². The fourth-order valence-corrected chi connectivity index (χ4v) is 2.18. The van der Waals surface area contributed by atoms with E-state index in [9.17, 15) is 9.59 Å². The van der Waals surface area contributed by atoms with Crippen LogP contribution in [-0.2, 0) is 9.59 Å². The maximum Gasteiger partial charge on any atom is 0.311 e. The number of hydrogen-bond donors (Lipinski definition) is 3. The number of hydrogen-bond acceptors (Lipinski definition) is 3. The van der Waals surface area contributed by atoms with E-state index < -0.39 is 11.4 Å². The van der Waals surface area contributed by atoms with Gasteiger partial charge in [0.15, 0.2) is 0 Å². The Bertz CT molecular complexity index is 280. The minimum atomic E-state index is -0.825. The second-order valence-corrected chi connectivity index (χ2v) is 4.63. The second-order valence-electron chi connectivity index (χ2n) is 4.63. The molecule has 1 saturated carbocycles. The number of amides is 1. The SMILES string of the molecule is CC1(C(=O)O)CCCC1NC(=O)CCCN. The van der Waals surface area contributed by atoms with Crippen molar-refractivity contribution in [3.05, 3.63) is 0 Å². The van der Waals surface area contributed by atoms with E-state index in [-0.39, 0.29) is 11.9 Å². The fourth-order valence-electron chi connectivity index (χ4n) is 2.18. The molecule has 1 rings (SSSR count). The van der Waals surface area contributed by atoms with Crippen molar-refractivity contribution < 1.29 is 14.7 Å². The van der Waals surface area contributed by atoms with Gasteiger partial charge >= 0.3 is 5.97 Å². The van der Waals surface area contributed by atoms with Crippen LogP contribution in [-0.4, -0.2) is 29.6 Å². The smallest absolute Gasteiger partial charge is 0.311 e. The molecule has 1 fully saturated rings. The molecule has 0 saturated heterocycles. The lowest BCUT2D eigenvalue weighted by Crippen LogP contribution is -2.47. The summed E-state index contributed by atoms with van der Waals surface area (Å²) in [5.41, 5.74) is 4.51. The van der Waals surface area contributed by atoms with E-state index in [0.717, 1.165) is 12.8 Å². The molecule has 92 valence electrons. The Morgan fingerprint density at radius 2 is 2.25 bits per heavy atom. The molecule has 0 radical (unpaired) electrons. The van der Waals surface area contributed by atoms with E-state index in [1.54, 1.807) is 6.92 Å². The molecule has 1 aliphatic carbocycles. The summed E-state index contributed by atoms with van der Waals surface area (Å²) in [5.74, 6) is -0.918. The van der Waals surface area contributed by atoms with Crippen LogP contribution >= 0.6 is 0 Å². The van der Waals surface area contributed by atoms with E-state index in [4.69, 9.17) is 10.8 Å². The molecule has 2 unspecified atom stereocenters. The zero-order valence-corrected chi connectivity index (χ0v) is 9.66. The first-order valence-corrected chi connectivity index (χ1v) is 5.73. The Balaban J connectivity index is 2.53. The zero-order valence-electron chi connectivity index (χ0n) is 9.66. The lowest BCUT2D eigenvalue weighted by atomic mass is 9.85. The van der Waals surface area contributed by atoms with E-state index in [0.29, 0.717) is 25.8 Å². The van der Waals surface area contributed by atoms with Gasteiger partial charge in [0, 0.05) is 12.5 Å². The lowest BCUT2D eigenvalue weighted by molar-refractivity contribution is -0.149. The number of carboxylic acids is 1. The van der Waals surface area contributed by atoms with Gasteiger partial charge in [0.1, 0.15) is 0 Å². The van der Waals surface area contributed by atoms with Gasteiger partial charge in [-0.1, -0.05) is 6.42 Å². The van der Waals surface area contributed by atoms with Gasteiger partial charge in [-0.05, 0) is 32.7 Å². The summed E-state index contributed by atoms with van der Waals surface area (Å²) in [4.78, 5) is 22.7. The monoisotopic (exact) mass is 228 g/mol. The number of rotatable bonds is 5. The third kappa shape index (κ3) is 2.72. The predicted molar refractivity (Wildman–Crippen MR) is 59.8 cm³/mol. The topological polar surface area (TPSA) is 92.4 Å². The van der Waals surface area contributed by atoms with E-state index >= 15 is 0 Å². The maximum absolute atomic E-state index is 11.5. The van der Waals surface area contributed by atoms with Crippen LogP contribution in [0.15, 0.2) is 0 Å². The summed E-state index contributed by atoms with van der Waals surface area (Å²) in [7, 11) is 0. The highest BCUT2D eigenvalue weighted by molar-refractivity contribution is 5.80. The van der Waals surface area contributed by atoms with Crippen molar-refractivity contribution >= 4 is 11.9 Å². The van der Waals surface area contributed by atoms with E-state index in [1.807, 2.05) is 0 Å². The van der Waals surface area contributed by atoms with E-state index in [2.05, 4.69) is 5.32 Å². The normalized spacial score (nSPS) is 29.0. The first-order chi connectivity index (χ1) is 7.50. The van der Waals surface area contributed by atoms with Crippen molar-refractivity contribution in [3.8, 4) is 0 Å². The van der Waals surface area contributed by atoms with Crippen LogP contribution in [0.1, 0.15) is 39.0 Å². The number of nitrogens with one attached hydrogen (secondary N) is 1. The molecule has 0 aromatic heterocycles. The fraction of sp³-hybridized carbons (Fsp3) is 0.818. The molecule has 0 bridgehead atoms. The summed E-state index contributed by atoms with van der Waals surface area (Å²) >= 11 is 0. The molecule has 0 aromatic carbocycles. The third-order valence-corrected chi connectivity index (χ3v) is 3.39. The quantitative estimate of drug-likeness (QED) is 0.638. The number of carbonyl (C=O) groups excluding carboxylic acids is 1. The number of carbonyl (C=O) groups is 2. The molecular formula is C11H20N2O3. The summed E-state index contributed by atoms with van der Waals surface area (Å²) in [6, 6.07) is -0.240. The molecule has 5 nitrogen and oxygen atoms in total. The number of nitrogens with two attached hydrogens (primary N) is 1. The highest BCUT2D eigenvalue weighted by Crippen LogP contribution is 2.38. The van der Waals surface area contributed by atoms with Gasteiger partial charge in [-0.15, -0.1) is 0 Å². The molecule has 5 heteroatoms. The average Bonchev–Trinajstić information content (AvgIpc) is 2.59. The van der Waals surface area contributed by atoms with Gasteiger partial charge < -0.3 is 16.2 Å². The largest absolute Gasteiger partial charge is 0.481 e. The highest BCUT2D eigenvalue weighted by Gasteiger charge is 2.45. The molecule has 16 heavy (non-hydrogen) atoms. The molecule has 2 atom stereocenters. The van der Waals surface area contributed by atoms with Crippen LogP contribution in [0, 0.1) is 5.41 Å². The minimum absolute atomic E-state index is 0.0928. The van der Waals surface area contributed by atoms with Crippen molar-refractivity contribution in [2.75, 3.05) is 6.54 Å². The van der Waals surface area contributed by atoms with Crippen molar-refractivity contribution in [1.82, 2.24) is 5.32 Å². The first-order valence-electron chi connectivity index (χ1n) is 5.73. The summed E-state index contributed by atoms with van der Waals surface area (Å²) in [6.45, 7) is 2.19. The summed E-state index contributed by atoms with van der Waals surface area (Å²) in [5, 5.41) is 12.0. The number of aliphatic carboxylic acids is 1. The first kappa shape index (κ1) is 13.0. The molecule has 0 aliphatic heterocycles. The van der Waals surface area contributed by atoms with Crippen molar-refractivity contribution in [3.63, 3.8) is 0 Å². The second kappa shape index (κ2) is 5.30. The number of carboxylic acid groups (broad SMARTS) is 1. The molecular weight excluding hydrogens is 208 g/mol. The van der Waals surface area contributed by atoms with Crippen LogP contribution in [0.5, 0.6) is 0 Å². The molecule has 0 aromatic rings. The third-order valence-electron chi connectivity index (χ3n) is 3.39. The van der Waals surface area contributed by atoms with Crippen LogP contribution in [0.2, 0.25) is 0 Å². The summed E-state index contributed by atoms with van der Waals surface area (Å²) < 4.78 is 0. The zero-order chi connectivity index (χ0) is 12.2. The van der Waals surface area contributed by atoms with Crippen LogP contribution < -0.4 is 11.1 Å². The Hall–Kier alpha value is -1.10. The summed E-state index contributed by atoms with van der Waals surface area (Å²) in [6.07, 6.45) is 3.25. The molecule has 1 aliphatic rings. The van der Waals surface area contributed by atoms with Gasteiger partial charge in [-0.3, -0.25) is 9.59 Å². The highest BCUT2D eigenvalue weighted by atomic mass is 16.4. The van der Waals surface area contributed by atoms with Crippen molar-refractivity contribution in [1.29, 1.82) is 0 Å². The van der Waals surface area contributed by atoms with Crippen LogP contribution in [0.3, 0.4) is 0 Å². The minimum Gasteiger partial charge on any atom is -0.481 e. The Morgan fingerprint density at radius 3 is 2.81 bits per heavy atom. The average molecular weight is 228 g/mol. The standard InChI is InChI=1S/C11H20N2O3/c1-11(10(15)16)6-2-4-8(11)13-9(14)5-3-7-12/h8H,2-7,12H2,1H3,(H,13,14)(H,15,16). The molecule has 0 spiro atoms. The lowest BCUT2D eigenvalue weighted by Gasteiger charge is -2.27. The van der Waals surface area contributed by atoms with Crippen molar-refractivity contribution in [2.24, 2.45) is 11.1 Å². The maximum atomic E-state index is 11.5. The van der Waals surface area contributed by atoms with Gasteiger partial charge in [0.25, 0.3) is 0 Å². The molecule has 4 N–H and O–H groups in total. The molecule has 1 amide bonds. The van der Waals surface area contributed by atoms with Gasteiger partial charge in [-0.2, -0.15) is 0 Å². The Morgan fingerprint density at radius 1 is 1.56 bits per heavy atom. The van der Waals surface area contributed by atoms with Gasteiger partial charge in [0.05, 0.1) is 5.41 Å². The van der Waals surface area contributed by atoms with Gasteiger partial charge in [0.2, 0.25) is 5.91 Å². The van der Waals surface area contributed by atoms with Crippen LogP contribution in [0.25, 0.3) is 0 Å². The van der Waals surface area contributed by atoms with Gasteiger partial charge in [-0.25, -0.2) is 0 Å². The predicted octanol–water partition coefficient (Wildman–Crippen LogP) is 0.485. The molecule has 0 heterocycles. The van der Waals surface area contributed by atoms with Crippen LogP contribution in [0.4, 0.5) is 0 Å².